The quantitative estimate of drug-likeness (QED) is 0.667. The van der Waals surface area contributed by atoms with Crippen molar-refractivity contribution in [1.29, 1.82) is 0 Å². The van der Waals surface area contributed by atoms with Crippen molar-refractivity contribution in [1.82, 2.24) is 4.98 Å². The molecule has 1 heterocycles. The Labute approximate surface area is 109 Å². The van der Waals surface area contributed by atoms with Gasteiger partial charge in [-0.2, -0.15) is 0 Å². The Balaban J connectivity index is 2.79. The van der Waals surface area contributed by atoms with Crippen LogP contribution in [0.2, 0.25) is 0 Å². The third-order valence-electron chi connectivity index (χ3n) is 3.63. The average Bonchev–Trinajstić information content (AvgIpc) is 2.52. The highest BCUT2D eigenvalue weighted by atomic mass is 16.1. The Kier molecular flexibility index (Phi) is 2.49. The Morgan fingerprint density at radius 3 is 2.32 bits per heavy atom. The van der Waals surface area contributed by atoms with E-state index in [9.17, 15) is 9.59 Å². The predicted molar refractivity (Wildman–Crippen MR) is 77.8 cm³/mol. The SMILES string of the molecule is Cc1ccc2[nH]c(=O)c3ccccc3c(=O)c2c1C. The average molecular weight is 251 g/mol. The van der Waals surface area contributed by atoms with Crippen molar-refractivity contribution in [3.63, 3.8) is 0 Å². The fourth-order valence-corrected chi connectivity index (χ4v) is 2.42. The van der Waals surface area contributed by atoms with Gasteiger partial charge >= 0.3 is 0 Å². The van der Waals surface area contributed by atoms with Crippen LogP contribution in [-0.2, 0) is 0 Å². The molecule has 3 rings (SSSR count). The molecule has 0 spiro atoms. The van der Waals surface area contributed by atoms with Gasteiger partial charge < -0.3 is 4.98 Å². The number of H-pyrrole nitrogens is 1. The number of aromatic nitrogens is 1. The third kappa shape index (κ3) is 1.66. The van der Waals surface area contributed by atoms with Crippen LogP contribution in [0.15, 0.2) is 46.0 Å². The maximum Gasteiger partial charge on any atom is 0.256 e. The van der Waals surface area contributed by atoms with Gasteiger partial charge in [-0.25, -0.2) is 0 Å². The minimum Gasteiger partial charge on any atom is -0.321 e. The normalized spacial score (nSPS) is 11.1. The third-order valence-corrected chi connectivity index (χ3v) is 3.63. The van der Waals surface area contributed by atoms with Crippen LogP contribution in [0.3, 0.4) is 0 Å². The first-order valence-corrected chi connectivity index (χ1v) is 6.15. The van der Waals surface area contributed by atoms with E-state index >= 15 is 0 Å². The summed E-state index contributed by atoms with van der Waals surface area (Å²) in [5.41, 5.74) is 2.23. The van der Waals surface area contributed by atoms with Crippen LogP contribution in [0.25, 0.3) is 21.7 Å². The Morgan fingerprint density at radius 1 is 0.895 bits per heavy atom. The molecule has 3 heteroatoms. The van der Waals surface area contributed by atoms with E-state index in [0.29, 0.717) is 21.7 Å². The number of rotatable bonds is 0. The van der Waals surface area contributed by atoms with Gasteiger partial charge in [0.05, 0.1) is 10.9 Å². The van der Waals surface area contributed by atoms with Gasteiger partial charge in [0.25, 0.3) is 5.56 Å². The molecule has 2 aromatic carbocycles. The molecule has 0 aliphatic carbocycles. The zero-order chi connectivity index (χ0) is 13.6. The van der Waals surface area contributed by atoms with E-state index in [2.05, 4.69) is 4.98 Å². The molecule has 0 atom stereocenters. The summed E-state index contributed by atoms with van der Waals surface area (Å²) in [6, 6.07) is 10.6. The Bertz CT molecular complexity index is 923. The molecule has 0 saturated carbocycles. The number of aromatic amines is 1. The van der Waals surface area contributed by atoms with Crippen molar-refractivity contribution in [2.75, 3.05) is 0 Å². The lowest BCUT2D eigenvalue weighted by molar-refractivity contribution is 1.32. The highest BCUT2D eigenvalue weighted by Gasteiger charge is 2.08. The van der Waals surface area contributed by atoms with E-state index in [-0.39, 0.29) is 11.0 Å². The molecule has 1 aromatic heterocycles. The molecule has 0 radical (unpaired) electrons. The van der Waals surface area contributed by atoms with E-state index in [1.165, 1.54) is 0 Å². The molecule has 0 bridgehead atoms. The summed E-state index contributed by atoms with van der Waals surface area (Å²) in [4.78, 5) is 27.6. The molecule has 0 amide bonds. The first-order valence-electron chi connectivity index (χ1n) is 6.15. The molecule has 19 heavy (non-hydrogen) atoms. The number of fused-ring (bicyclic) bond motifs is 2. The van der Waals surface area contributed by atoms with E-state index in [4.69, 9.17) is 0 Å². The van der Waals surface area contributed by atoms with Crippen molar-refractivity contribution >= 4 is 21.7 Å². The molecular formula is C16H13NO2. The van der Waals surface area contributed by atoms with E-state index in [1.54, 1.807) is 30.3 Å². The minimum absolute atomic E-state index is 0.0925. The highest BCUT2D eigenvalue weighted by Crippen LogP contribution is 2.17. The molecule has 3 nitrogen and oxygen atoms in total. The molecule has 0 unspecified atom stereocenters. The topological polar surface area (TPSA) is 49.9 Å². The van der Waals surface area contributed by atoms with Gasteiger partial charge in [-0.3, -0.25) is 9.59 Å². The fraction of sp³-hybridized carbons (Fsp3) is 0.125. The largest absolute Gasteiger partial charge is 0.321 e. The maximum atomic E-state index is 12.7. The highest BCUT2D eigenvalue weighted by molar-refractivity contribution is 5.92. The number of hydrogen-bond donors (Lipinski definition) is 1. The van der Waals surface area contributed by atoms with Crippen LogP contribution in [0.1, 0.15) is 11.1 Å². The van der Waals surface area contributed by atoms with Crippen LogP contribution < -0.4 is 11.0 Å². The zero-order valence-electron chi connectivity index (χ0n) is 10.8. The second-order valence-electron chi connectivity index (χ2n) is 4.76. The summed E-state index contributed by atoms with van der Waals surface area (Å²) < 4.78 is 0. The van der Waals surface area contributed by atoms with Crippen molar-refractivity contribution in [3.8, 4) is 0 Å². The predicted octanol–water partition coefficient (Wildman–Crippen LogP) is 2.66. The van der Waals surface area contributed by atoms with Gasteiger partial charge in [0, 0.05) is 10.8 Å². The summed E-state index contributed by atoms with van der Waals surface area (Å²) in [6.45, 7) is 3.87. The van der Waals surface area contributed by atoms with Crippen LogP contribution in [-0.4, -0.2) is 4.98 Å². The molecule has 0 saturated heterocycles. The molecule has 0 aliphatic rings. The Morgan fingerprint density at radius 2 is 1.58 bits per heavy atom. The summed E-state index contributed by atoms with van der Waals surface area (Å²) in [5.74, 6) is 0. The second kappa shape index (κ2) is 4.05. The van der Waals surface area contributed by atoms with E-state index in [1.807, 2.05) is 19.9 Å². The number of nitrogens with one attached hydrogen (secondary N) is 1. The van der Waals surface area contributed by atoms with Crippen molar-refractivity contribution in [3.05, 3.63) is 68.1 Å². The number of aryl methyl sites for hydroxylation is 2. The van der Waals surface area contributed by atoms with Crippen LogP contribution in [0.5, 0.6) is 0 Å². The molecule has 0 aliphatic heterocycles. The van der Waals surface area contributed by atoms with Crippen molar-refractivity contribution < 1.29 is 0 Å². The fourth-order valence-electron chi connectivity index (χ4n) is 2.42. The molecule has 0 fully saturated rings. The summed E-state index contributed by atoms with van der Waals surface area (Å²) in [7, 11) is 0. The second-order valence-corrected chi connectivity index (χ2v) is 4.76. The molecule has 3 aromatic rings. The first kappa shape index (κ1) is 11.7. The summed E-state index contributed by atoms with van der Waals surface area (Å²) in [6.07, 6.45) is 0. The number of hydrogen-bond acceptors (Lipinski definition) is 2. The molecular weight excluding hydrogens is 238 g/mol. The zero-order valence-corrected chi connectivity index (χ0v) is 10.8. The Hall–Kier alpha value is -2.42. The first-order chi connectivity index (χ1) is 9.09. The summed E-state index contributed by atoms with van der Waals surface area (Å²) in [5, 5.41) is 1.49. The van der Waals surface area contributed by atoms with E-state index in [0.717, 1.165) is 11.1 Å². The maximum absolute atomic E-state index is 12.7. The molecule has 1 N–H and O–H groups in total. The van der Waals surface area contributed by atoms with E-state index < -0.39 is 0 Å². The lowest BCUT2D eigenvalue weighted by Crippen LogP contribution is -2.03. The van der Waals surface area contributed by atoms with Gasteiger partial charge in [0.1, 0.15) is 0 Å². The van der Waals surface area contributed by atoms with Crippen LogP contribution in [0, 0.1) is 13.8 Å². The van der Waals surface area contributed by atoms with Gasteiger partial charge in [-0.1, -0.05) is 24.3 Å². The van der Waals surface area contributed by atoms with Crippen LogP contribution >= 0.6 is 0 Å². The molecule has 94 valence electrons. The van der Waals surface area contributed by atoms with Gasteiger partial charge in [-0.05, 0) is 37.1 Å². The lowest BCUT2D eigenvalue weighted by Gasteiger charge is -2.01. The smallest absolute Gasteiger partial charge is 0.256 e. The van der Waals surface area contributed by atoms with Crippen molar-refractivity contribution in [2.45, 2.75) is 13.8 Å². The van der Waals surface area contributed by atoms with Gasteiger partial charge in [0.15, 0.2) is 5.43 Å². The minimum atomic E-state index is -0.231. The lowest BCUT2D eigenvalue weighted by atomic mass is 10.0. The van der Waals surface area contributed by atoms with Gasteiger partial charge in [0.2, 0.25) is 0 Å². The van der Waals surface area contributed by atoms with Crippen LogP contribution in [0.4, 0.5) is 0 Å². The number of benzene rings is 2. The van der Waals surface area contributed by atoms with Gasteiger partial charge in [-0.15, -0.1) is 0 Å². The summed E-state index contributed by atoms with van der Waals surface area (Å²) >= 11 is 0. The van der Waals surface area contributed by atoms with Crippen molar-refractivity contribution in [2.24, 2.45) is 0 Å². The monoisotopic (exact) mass is 251 g/mol. The standard InChI is InChI=1S/C16H13NO2/c1-9-7-8-13-14(10(9)2)15(18)11-5-3-4-6-12(11)16(19)17-13/h3-8H,1-2H3,(H,17,19).